The number of aromatic nitrogens is 1. The van der Waals surface area contributed by atoms with E-state index in [1.807, 2.05) is 0 Å². The molecule has 18 heavy (non-hydrogen) atoms. The standard InChI is InChI=1S/C12H14ClN3O2/c13-10-5-9(16(17)18)6-11(14-10)15-12(7-1-2-7)8-3-4-8/h5-8,12H,1-4H2,(H,14,15). The molecule has 0 radical (unpaired) electrons. The van der Waals surface area contributed by atoms with Crippen molar-refractivity contribution < 1.29 is 4.92 Å². The van der Waals surface area contributed by atoms with Gasteiger partial charge in [0.1, 0.15) is 11.0 Å². The summed E-state index contributed by atoms with van der Waals surface area (Å²) in [4.78, 5) is 14.5. The average molecular weight is 268 g/mol. The van der Waals surface area contributed by atoms with Gasteiger partial charge in [0.15, 0.2) is 0 Å². The van der Waals surface area contributed by atoms with E-state index in [1.54, 1.807) is 0 Å². The molecule has 1 aromatic heterocycles. The maximum absolute atomic E-state index is 10.8. The normalized spacial score (nSPS) is 19.0. The molecule has 5 nitrogen and oxygen atoms in total. The summed E-state index contributed by atoms with van der Waals surface area (Å²) in [5.41, 5.74) is -0.0113. The molecule has 0 spiro atoms. The number of hydrogen-bond donors (Lipinski definition) is 1. The number of nitrogens with zero attached hydrogens (tertiary/aromatic N) is 2. The van der Waals surface area contributed by atoms with E-state index in [2.05, 4.69) is 10.3 Å². The van der Waals surface area contributed by atoms with E-state index in [1.165, 1.54) is 37.8 Å². The van der Waals surface area contributed by atoms with Gasteiger partial charge in [-0.3, -0.25) is 10.1 Å². The largest absolute Gasteiger partial charge is 0.367 e. The number of rotatable bonds is 5. The number of nitrogens with one attached hydrogen (secondary N) is 1. The summed E-state index contributed by atoms with van der Waals surface area (Å²) < 4.78 is 0. The first-order chi connectivity index (χ1) is 8.63. The number of anilines is 1. The van der Waals surface area contributed by atoms with Crippen molar-refractivity contribution in [1.29, 1.82) is 0 Å². The van der Waals surface area contributed by atoms with Crippen LogP contribution in [0.5, 0.6) is 0 Å². The van der Waals surface area contributed by atoms with Gasteiger partial charge < -0.3 is 5.32 Å². The summed E-state index contributed by atoms with van der Waals surface area (Å²) in [6.45, 7) is 0. The Morgan fingerprint density at radius 1 is 1.33 bits per heavy atom. The lowest BCUT2D eigenvalue weighted by Crippen LogP contribution is -2.24. The minimum Gasteiger partial charge on any atom is -0.367 e. The first-order valence-corrected chi connectivity index (χ1v) is 6.60. The Morgan fingerprint density at radius 2 is 1.94 bits per heavy atom. The molecule has 2 aliphatic rings. The average Bonchev–Trinajstić information content (AvgIpc) is 3.16. The first-order valence-electron chi connectivity index (χ1n) is 6.22. The van der Waals surface area contributed by atoms with Crippen LogP contribution in [0.15, 0.2) is 12.1 Å². The van der Waals surface area contributed by atoms with E-state index in [9.17, 15) is 10.1 Å². The summed E-state index contributed by atoms with van der Waals surface area (Å²) >= 11 is 5.81. The van der Waals surface area contributed by atoms with Crippen LogP contribution in [0.3, 0.4) is 0 Å². The summed E-state index contributed by atoms with van der Waals surface area (Å²) in [5.74, 6) is 1.94. The topological polar surface area (TPSA) is 68.1 Å². The van der Waals surface area contributed by atoms with E-state index in [0.717, 1.165) is 0 Å². The molecule has 0 aliphatic heterocycles. The molecule has 3 rings (SSSR count). The highest BCUT2D eigenvalue weighted by Crippen LogP contribution is 2.45. The minimum atomic E-state index is -0.442. The van der Waals surface area contributed by atoms with Crippen LogP contribution in [0.1, 0.15) is 25.7 Å². The van der Waals surface area contributed by atoms with Crippen molar-refractivity contribution in [2.24, 2.45) is 11.8 Å². The second kappa shape index (κ2) is 4.39. The Bertz CT molecular complexity index is 474. The fraction of sp³-hybridized carbons (Fsp3) is 0.583. The van der Waals surface area contributed by atoms with Crippen LogP contribution >= 0.6 is 11.6 Å². The van der Waals surface area contributed by atoms with E-state index >= 15 is 0 Å². The zero-order valence-electron chi connectivity index (χ0n) is 9.80. The molecular formula is C12H14ClN3O2. The van der Waals surface area contributed by atoms with Crippen molar-refractivity contribution in [3.63, 3.8) is 0 Å². The second-order valence-electron chi connectivity index (χ2n) is 5.14. The Kier molecular flexibility index (Phi) is 2.86. The zero-order chi connectivity index (χ0) is 12.7. The van der Waals surface area contributed by atoms with Crippen molar-refractivity contribution in [2.75, 3.05) is 5.32 Å². The second-order valence-corrected chi connectivity index (χ2v) is 5.52. The fourth-order valence-corrected chi connectivity index (χ4v) is 2.57. The van der Waals surface area contributed by atoms with Crippen LogP contribution in [0.4, 0.5) is 11.5 Å². The Labute approximate surface area is 110 Å². The number of nitro groups is 1. The van der Waals surface area contributed by atoms with Gasteiger partial charge in [-0.15, -0.1) is 0 Å². The Hall–Kier alpha value is -1.36. The molecule has 96 valence electrons. The lowest BCUT2D eigenvalue weighted by molar-refractivity contribution is -0.384. The monoisotopic (exact) mass is 267 g/mol. The third-order valence-electron chi connectivity index (χ3n) is 3.56. The van der Waals surface area contributed by atoms with Crippen LogP contribution in [0.25, 0.3) is 0 Å². The molecule has 2 fully saturated rings. The van der Waals surface area contributed by atoms with Gasteiger partial charge in [0, 0.05) is 6.04 Å². The molecule has 2 aliphatic carbocycles. The molecule has 1 aromatic rings. The maximum atomic E-state index is 10.8. The number of hydrogen-bond acceptors (Lipinski definition) is 4. The van der Waals surface area contributed by atoms with Crippen LogP contribution in [0.2, 0.25) is 5.15 Å². The predicted octanol–water partition coefficient (Wildman–Crippen LogP) is 3.24. The van der Waals surface area contributed by atoms with Gasteiger partial charge in [0.05, 0.1) is 17.1 Å². The van der Waals surface area contributed by atoms with Gasteiger partial charge in [0.25, 0.3) is 5.69 Å². The Morgan fingerprint density at radius 3 is 2.44 bits per heavy atom. The smallest absolute Gasteiger partial charge is 0.276 e. The van der Waals surface area contributed by atoms with Gasteiger partial charge in [-0.2, -0.15) is 0 Å². The summed E-state index contributed by atoms with van der Waals surface area (Å²) in [5, 5.41) is 14.3. The molecular weight excluding hydrogens is 254 g/mol. The molecule has 1 N–H and O–H groups in total. The fourth-order valence-electron chi connectivity index (χ4n) is 2.36. The molecule has 0 unspecified atom stereocenters. The van der Waals surface area contributed by atoms with E-state index in [-0.39, 0.29) is 10.8 Å². The van der Waals surface area contributed by atoms with Gasteiger partial charge in [-0.05, 0) is 37.5 Å². The van der Waals surface area contributed by atoms with Gasteiger partial charge in [-0.1, -0.05) is 11.6 Å². The van der Waals surface area contributed by atoms with Crippen LogP contribution < -0.4 is 5.32 Å². The molecule has 0 atom stereocenters. The molecule has 0 bridgehead atoms. The number of pyridine rings is 1. The van der Waals surface area contributed by atoms with E-state index in [4.69, 9.17) is 11.6 Å². The van der Waals surface area contributed by atoms with Crippen LogP contribution in [-0.4, -0.2) is 15.9 Å². The summed E-state index contributed by atoms with van der Waals surface area (Å²) in [6.07, 6.45) is 4.99. The van der Waals surface area contributed by atoms with Crippen molar-refractivity contribution in [3.8, 4) is 0 Å². The molecule has 0 aromatic carbocycles. The highest BCUT2D eigenvalue weighted by molar-refractivity contribution is 6.29. The van der Waals surface area contributed by atoms with Gasteiger partial charge in [0.2, 0.25) is 0 Å². The van der Waals surface area contributed by atoms with E-state index in [0.29, 0.717) is 23.7 Å². The van der Waals surface area contributed by atoms with E-state index < -0.39 is 4.92 Å². The van der Waals surface area contributed by atoms with Crippen molar-refractivity contribution in [2.45, 2.75) is 31.7 Å². The van der Waals surface area contributed by atoms with Crippen molar-refractivity contribution in [3.05, 3.63) is 27.4 Å². The third-order valence-corrected chi connectivity index (χ3v) is 3.76. The quantitative estimate of drug-likeness (QED) is 0.505. The SMILES string of the molecule is O=[N+]([O-])c1cc(Cl)nc(NC(C2CC2)C2CC2)c1. The van der Waals surface area contributed by atoms with Crippen LogP contribution in [-0.2, 0) is 0 Å². The highest BCUT2D eigenvalue weighted by Gasteiger charge is 2.41. The minimum absolute atomic E-state index is 0.0113. The molecule has 6 heteroatoms. The van der Waals surface area contributed by atoms with Crippen molar-refractivity contribution >= 4 is 23.1 Å². The van der Waals surface area contributed by atoms with Crippen LogP contribution in [0, 0.1) is 22.0 Å². The number of halogens is 1. The maximum Gasteiger partial charge on any atom is 0.276 e. The molecule has 2 saturated carbocycles. The molecule has 0 saturated heterocycles. The molecule has 0 amide bonds. The zero-order valence-corrected chi connectivity index (χ0v) is 10.6. The van der Waals surface area contributed by atoms with Gasteiger partial charge in [-0.25, -0.2) is 4.98 Å². The lowest BCUT2D eigenvalue weighted by Gasteiger charge is -2.18. The van der Waals surface area contributed by atoms with Crippen molar-refractivity contribution in [1.82, 2.24) is 4.98 Å². The Balaban J connectivity index is 1.80. The first kappa shape index (κ1) is 11.7. The lowest BCUT2D eigenvalue weighted by atomic mass is 10.1. The van der Waals surface area contributed by atoms with Gasteiger partial charge >= 0.3 is 0 Å². The summed E-state index contributed by atoms with van der Waals surface area (Å²) in [6, 6.07) is 3.15. The highest BCUT2D eigenvalue weighted by atomic mass is 35.5. The third kappa shape index (κ3) is 2.56. The molecule has 1 heterocycles. The predicted molar refractivity (Wildman–Crippen MR) is 68.8 cm³/mol. The summed E-state index contributed by atoms with van der Waals surface area (Å²) in [7, 11) is 0.